The van der Waals surface area contributed by atoms with Crippen molar-refractivity contribution < 1.29 is 4.79 Å². The Morgan fingerprint density at radius 3 is 2.16 bits per heavy atom. The van der Waals surface area contributed by atoms with Gasteiger partial charge in [-0.15, -0.1) is 0 Å². The number of unbranched alkanes of at least 4 members (excludes halogenated alkanes) is 4. The van der Waals surface area contributed by atoms with Crippen LogP contribution in [0.1, 0.15) is 71.6 Å². The molecule has 0 saturated carbocycles. The first-order chi connectivity index (χ1) is 9.19. The highest BCUT2D eigenvalue weighted by Gasteiger charge is 2.30. The molecule has 1 rings (SSSR count). The standard InChI is InChI=1S/C16H32N2O/c1-4-6-8-10-14(11-9-7-5-2)17-15-12-13-18(3)16(15)19/h14-15,17H,4-13H2,1-3H3. The van der Waals surface area contributed by atoms with Gasteiger partial charge in [0, 0.05) is 19.6 Å². The summed E-state index contributed by atoms with van der Waals surface area (Å²) < 4.78 is 0. The lowest BCUT2D eigenvalue weighted by molar-refractivity contribution is -0.128. The Morgan fingerprint density at radius 1 is 1.16 bits per heavy atom. The molecule has 1 N–H and O–H groups in total. The number of nitrogens with one attached hydrogen (secondary N) is 1. The van der Waals surface area contributed by atoms with Gasteiger partial charge in [-0.05, 0) is 19.3 Å². The van der Waals surface area contributed by atoms with Gasteiger partial charge >= 0.3 is 0 Å². The van der Waals surface area contributed by atoms with E-state index in [2.05, 4.69) is 19.2 Å². The molecule has 0 aromatic rings. The maximum atomic E-state index is 12.0. The second kappa shape index (κ2) is 9.35. The van der Waals surface area contributed by atoms with E-state index in [1.54, 1.807) is 0 Å². The van der Waals surface area contributed by atoms with E-state index in [4.69, 9.17) is 0 Å². The maximum Gasteiger partial charge on any atom is 0.239 e. The molecule has 0 spiro atoms. The van der Waals surface area contributed by atoms with Crippen molar-refractivity contribution in [3.63, 3.8) is 0 Å². The van der Waals surface area contributed by atoms with Crippen LogP contribution in [0.4, 0.5) is 0 Å². The smallest absolute Gasteiger partial charge is 0.239 e. The number of carbonyl (C=O) groups is 1. The number of amides is 1. The topological polar surface area (TPSA) is 32.3 Å². The predicted molar refractivity (Wildman–Crippen MR) is 81.2 cm³/mol. The third-order valence-electron chi connectivity index (χ3n) is 4.18. The Kier molecular flexibility index (Phi) is 8.11. The van der Waals surface area contributed by atoms with Crippen LogP contribution in [-0.2, 0) is 4.79 Å². The Morgan fingerprint density at radius 2 is 1.74 bits per heavy atom. The lowest BCUT2D eigenvalue weighted by Crippen LogP contribution is -2.43. The third-order valence-corrected chi connectivity index (χ3v) is 4.18. The van der Waals surface area contributed by atoms with Gasteiger partial charge in [0.05, 0.1) is 6.04 Å². The average Bonchev–Trinajstić information content (AvgIpc) is 2.71. The summed E-state index contributed by atoms with van der Waals surface area (Å²) in [5.74, 6) is 0.288. The monoisotopic (exact) mass is 268 g/mol. The minimum atomic E-state index is 0.0817. The van der Waals surface area contributed by atoms with Crippen LogP contribution in [0.5, 0.6) is 0 Å². The average molecular weight is 268 g/mol. The van der Waals surface area contributed by atoms with Crippen LogP contribution < -0.4 is 5.32 Å². The molecule has 19 heavy (non-hydrogen) atoms. The van der Waals surface area contributed by atoms with Crippen molar-refractivity contribution in [1.29, 1.82) is 0 Å². The van der Waals surface area contributed by atoms with Gasteiger partial charge in [0.2, 0.25) is 5.91 Å². The van der Waals surface area contributed by atoms with Gasteiger partial charge < -0.3 is 10.2 Å². The largest absolute Gasteiger partial charge is 0.344 e. The summed E-state index contributed by atoms with van der Waals surface area (Å²) in [6, 6.07) is 0.622. The first kappa shape index (κ1) is 16.5. The summed E-state index contributed by atoms with van der Waals surface area (Å²) in [4.78, 5) is 13.8. The van der Waals surface area contributed by atoms with Crippen molar-refractivity contribution in [1.82, 2.24) is 10.2 Å². The molecule has 3 heteroatoms. The summed E-state index contributed by atoms with van der Waals surface area (Å²) in [5, 5.41) is 3.62. The van der Waals surface area contributed by atoms with Crippen LogP contribution in [0.15, 0.2) is 0 Å². The second-order valence-corrected chi connectivity index (χ2v) is 5.96. The number of rotatable bonds is 10. The first-order valence-corrected chi connectivity index (χ1v) is 8.20. The molecule has 0 aromatic heterocycles. The summed E-state index contributed by atoms with van der Waals surface area (Å²) in [6.07, 6.45) is 11.2. The van der Waals surface area contributed by atoms with Crippen molar-refractivity contribution in [3.05, 3.63) is 0 Å². The SMILES string of the molecule is CCCCCC(CCCCC)NC1CCN(C)C1=O. The normalized spacial score (nSPS) is 19.7. The number of hydrogen-bond acceptors (Lipinski definition) is 2. The molecule has 1 saturated heterocycles. The lowest BCUT2D eigenvalue weighted by atomic mass is 10.0. The molecular weight excluding hydrogens is 236 g/mol. The van der Waals surface area contributed by atoms with Crippen molar-refractivity contribution >= 4 is 5.91 Å². The molecule has 0 radical (unpaired) electrons. The van der Waals surface area contributed by atoms with Crippen molar-refractivity contribution in [2.75, 3.05) is 13.6 Å². The molecular formula is C16H32N2O. The summed E-state index contributed by atoms with van der Waals surface area (Å²) in [6.45, 7) is 5.40. The molecule has 1 atom stereocenters. The fourth-order valence-electron chi connectivity index (χ4n) is 2.85. The van der Waals surface area contributed by atoms with Crippen molar-refractivity contribution in [3.8, 4) is 0 Å². The number of carbonyl (C=O) groups excluding carboxylic acids is 1. The third kappa shape index (κ3) is 5.94. The molecule has 1 fully saturated rings. The molecule has 0 aromatic carbocycles. The Hall–Kier alpha value is -0.570. The minimum absolute atomic E-state index is 0.0817. The van der Waals surface area contributed by atoms with E-state index < -0.39 is 0 Å². The van der Waals surface area contributed by atoms with Gasteiger partial charge in [0.1, 0.15) is 0 Å². The summed E-state index contributed by atoms with van der Waals surface area (Å²) in [5.41, 5.74) is 0. The Bertz CT molecular complexity index is 245. The van der Waals surface area contributed by atoms with Crippen LogP contribution in [0, 0.1) is 0 Å². The number of likely N-dealkylation sites (tertiary alicyclic amines) is 1. The van der Waals surface area contributed by atoms with Gasteiger partial charge in [-0.25, -0.2) is 0 Å². The van der Waals surface area contributed by atoms with Crippen LogP contribution in [0.2, 0.25) is 0 Å². The fraction of sp³-hybridized carbons (Fsp3) is 0.938. The molecule has 1 amide bonds. The van der Waals surface area contributed by atoms with Gasteiger partial charge in [0.15, 0.2) is 0 Å². The quantitative estimate of drug-likeness (QED) is 0.616. The Labute approximate surface area is 119 Å². The molecule has 0 aliphatic carbocycles. The molecule has 1 unspecified atom stereocenters. The van der Waals surface area contributed by atoms with Crippen LogP contribution in [0.3, 0.4) is 0 Å². The van der Waals surface area contributed by atoms with E-state index in [1.807, 2.05) is 11.9 Å². The van der Waals surface area contributed by atoms with Gasteiger partial charge in [-0.3, -0.25) is 4.79 Å². The summed E-state index contributed by atoms with van der Waals surface area (Å²) >= 11 is 0. The molecule has 112 valence electrons. The number of nitrogens with zero attached hydrogens (tertiary/aromatic N) is 1. The highest BCUT2D eigenvalue weighted by molar-refractivity contribution is 5.83. The maximum absolute atomic E-state index is 12.0. The minimum Gasteiger partial charge on any atom is -0.344 e. The van der Waals surface area contributed by atoms with Crippen LogP contribution in [-0.4, -0.2) is 36.5 Å². The van der Waals surface area contributed by atoms with E-state index in [0.29, 0.717) is 6.04 Å². The predicted octanol–water partition coefficient (Wildman–Crippen LogP) is 3.34. The van der Waals surface area contributed by atoms with Gasteiger partial charge in [-0.1, -0.05) is 52.4 Å². The zero-order valence-corrected chi connectivity index (χ0v) is 13.1. The van der Waals surface area contributed by atoms with Crippen LogP contribution >= 0.6 is 0 Å². The van der Waals surface area contributed by atoms with Crippen molar-refractivity contribution in [2.24, 2.45) is 0 Å². The molecule has 3 nitrogen and oxygen atoms in total. The van der Waals surface area contributed by atoms with E-state index in [1.165, 1.54) is 51.4 Å². The Balaban J connectivity index is 2.36. The van der Waals surface area contributed by atoms with E-state index in [0.717, 1.165) is 13.0 Å². The van der Waals surface area contributed by atoms with Crippen LogP contribution in [0.25, 0.3) is 0 Å². The van der Waals surface area contributed by atoms with Gasteiger partial charge in [-0.2, -0.15) is 0 Å². The summed E-state index contributed by atoms with van der Waals surface area (Å²) in [7, 11) is 1.91. The van der Waals surface area contributed by atoms with Gasteiger partial charge in [0.25, 0.3) is 0 Å². The lowest BCUT2D eigenvalue weighted by Gasteiger charge is -2.22. The van der Waals surface area contributed by atoms with Crippen molar-refractivity contribution in [2.45, 2.75) is 83.7 Å². The zero-order valence-electron chi connectivity index (χ0n) is 13.1. The van der Waals surface area contributed by atoms with E-state index >= 15 is 0 Å². The molecule has 0 bridgehead atoms. The molecule has 1 aliphatic rings. The molecule has 1 aliphatic heterocycles. The fourth-order valence-corrected chi connectivity index (χ4v) is 2.85. The number of likely N-dealkylation sites (N-methyl/N-ethyl adjacent to an activating group) is 1. The molecule has 1 heterocycles. The number of hydrogen-bond donors (Lipinski definition) is 1. The highest BCUT2D eigenvalue weighted by atomic mass is 16.2. The van der Waals surface area contributed by atoms with E-state index in [9.17, 15) is 4.79 Å². The second-order valence-electron chi connectivity index (χ2n) is 5.96. The zero-order chi connectivity index (χ0) is 14.1. The van der Waals surface area contributed by atoms with E-state index in [-0.39, 0.29) is 11.9 Å². The first-order valence-electron chi connectivity index (χ1n) is 8.20. The highest BCUT2D eigenvalue weighted by Crippen LogP contribution is 2.15.